The van der Waals surface area contributed by atoms with Gasteiger partial charge in [-0.1, -0.05) is 24.3 Å². The molecule has 2 aliphatic carbocycles. The van der Waals surface area contributed by atoms with Crippen molar-refractivity contribution >= 4 is 11.6 Å². The number of aromatic hydroxyl groups is 1. The number of hydrogen-bond donors (Lipinski definition) is 3. The van der Waals surface area contributed by atoms with E-state index in [0.717, 1.165) is 16.0 Å². The van der Waals surface area contributed by atoms with Crippen molar-refractivity contribution in [1.29, 1.82) is 0 Å². The van der Waals surface area contributed by atoms with E-state index in [1.807, 2.05) is 24.3 Å². The lowest BCUT2D eigenvalue weighted by Gasteiger charge is -2.16. The molecular formula is C15H12O3. The average molecular weight is 240 g/mol. The molecule has 0 saturated heterocycles. The fourth-order valence-corrected chi connectivity index (χ4v) is 2.31. The topological polar surface area (TPSA) is 60.7 Å². The summed E-state index contributed by atoms with van der Waals surface area (Å²) in [5.41, 5.74) is 0.908. The molecular weight excluding hydrogens is 228 g/mol. The zero-order valence-electron chi connectivity index (χ0n) is 9.54. The Hall–Kier alpha value is -2.42. The van der Waals surface area contributed by atoms with E-state index in [-0.39, 0.29) is 23.2 Å². The van der Waals surface area contributed by atoms with Gasteiger partial charge in [-0.2, -0.15) is 0 Å². The Morgan fingerprint density at radius 1 is 1.00 bits per heavy atom. The second kappa shape index (κ2) is 3.81. The Morgan fingerprint density at radius 2 is 1.83 bits per heavy atom. The van der Waals surface area contributed by atoms with Crippen LogP contribution in [0.2, 0.25) is 0 Å². The number of benzene rings is 1. The predicted molar refractivity (Wildman–Crippen MR) is 69.3 cm³/mol. The van der Waals surface area contributed by atoms with Gasteiger partial charge >= 0.3 is 0 Å². The molecule has 3 N–H and O–H groups in total. The average Bonchev–Trinajstić information content (AvgIpc) is 2.49. The second-order valence-electron chi connectivity index (χ2n) is 4.39. The van der Waals surface area contributed by atoms with Gasteiger partial charge in [-0.05, 0) is 40.3 Å². The number of phenols is 1. The number of rotatable bonds is 0. The highest BCUT2D eigenvalue weighted by Crippen LogP contribution is 2.26. The van der Waals surface area contributed by atoms with E-state index in [4.69, 9.17) is 0 Å². The monoisotopic (exact) mass is 240 g/mol. The third kappa shape index (κ3) is 1.61. The maximum atomic E-state index is 9.63. The third-order valence-electron chi connectivity index (χ3n) is 3.19. The number of aliphatic hydroxyl groups is 2. The minimum absolute atomic E-state index is 0.0667. The molecule has 3 heteroatoms. The molecule has 1 atom stereocenters. The lowest BCUT2D eigenvalue weighted by Crippen LogP contribution is -2.27. The van der Waals surface area contributed by atoms with E-state index in [1.165, 1.54) is 0 Å². The Bertz CT molecular complexity index is 721. The fourth-order valence-electron chi connectivity index (χ4n) is 2.31. The predicted octanol–water partition coefficient (Wildman–Crippen LogP) is 1.41. The van der Waals surface area contributed by atoms with Crippen LogP contribution in [0, 0.1) is 5.92 Å². The lowest BCUT2D eigenvalue weighted by molar-refractivity contribution is 0.322. The Balaban J connectivity index is 2.38. The molecule has 0 bridgehead atoms. The van der Waals surface area contributed by atoms with Crippen molar-refractivity contribution < 1.29 is 15.3 Å². The second-order valence-corrected chi connectivity index (χ2v) is 4.39. The van der Waals surface area contributed by atoms with Gasteiger partial charge in [0.05, 0.1) is 0 Å². The summed E-state index contributed by atoms with van der Waals surface area (Å²) in [4.78, 5) is 0. The summed E-state index contributed by atoms with van der Waals surface area (Å²) in [6.07, 6.45) is 8.90. The maximum Gasteiger partial charge on any atom is 0.157 e. The summed E-state index contributed by atoms with van der Waals surface area (Å²) in [7, 11) is 0. The van der Waals surface area contributed by atoms with Gasteiger partial charge in [-0.15, -0.1) is 0 Å². The Labute approximate surface area is 104 Å². The fraction of sp³-hybridized carbons (Fsp3) is 0.0667. The van der Waals surface area contributed by atoms with Gasteiger partial charge in [0.2, 0.25) is 0 Å². The highest BCUT2D eigenvalue weighted by molar-refractivity contribution is 5.69. The minimum Gasteiger partial charge on any atom is -0.508 e. The van der Waals surface area contributed by atoms with E-state index in [9.17, 15) is 15.3 Å². The SMILES string of the molecule is OC1=CC2=c3ccc(O)cc3=CC=CC2C=C1O. The first kappa shape index (κ1) is 10.7. The summed E-state index contributed by atoms with van der Waals surface area (Å²) < 4.78 is 0. The van der Waals surface area contributed by atoms with Crippen LogP contribution in [-0.4, -0.2) is 15.3 Å². The van der Waals surface area contributed by atoms with Gasteiger partial charge in [0.1, 0.15) is 5.75 Å². The maximum absolute atomic E-state index is 9.63. The zero-order valence-corrected chi connectivity index (χ0v) is 9.54. The molecule has 18 heavy (non-hydrogen) atoms. The minimum atomic E-state index is -0.129. The summed E-state index contributed by atoms with van der Waals surface area (Å²) in [5, 5.41) is 30.5. The van der Waals surface area contributed by atoms with E-state index >= 15 is 0 Å². The molecule has 3 nitrogen and oxygen atoms in total. The molecule has 0 saturated carbocycles. The van der Waals surface area contributed by atoms with Crippen molar-refractivity contribution in [3.8, 4) is 5.75 Å². The van der Waals surface area contributed by atoms with Gasteiger partial charge in [0.15, 0.2) is 11.5 Å². The van der Waals surface area contributed by atoms with Crippen molar-refractivity contribution in [1.82, 2.24) is 0 Å². The van der Waals surface area contributed by atoms with Crippen LogP contribution in [0.3, 0.4) is 0 Å². The van der Waals surface area contributed by atoms with Gasteiger partial charge in [0, 0.05) is 5.92 Å². The largest absolute Gasteiger partial charge is 0.508 e. The molecule has 1 aromatic carbocycles. The number of allylic oxidation sites excluding steroid dienone is 4. The van der Waals surface area contributed by atoms with E-state index in [0.29, 0.717) is 0 Å². The molecule has 0 aromatic heterocycles. The van der Waals surface area contributed by atoms with Crippen LogP contribution in [0.5, 0.6) is 5.75 Å². The number of hydrogen-bond acceptors (Lipinski definition) is 3. The van der Waals surface area contributed by atoms with Gasteiger partial charge in [-0.25, -0.2) is 0 Å². The van der Waals surface area contributed by atoms with Crippen LogP contribution in [0.15, 0.2) is 54.0 Å². The highest BCUT2D eigenvalue weighted by Gasteiger charge is 2.18. The molecule has 1 aromatic rings. The van der Waals surface area contributed by atoms with Crippen molar-refractivity contribution in [2.75, 3.05) is 0 Å². The van der Waals surface area contributed by atoms with Crippen LogP contribution in [-0.2, 0) is 0 Å². The molecule has 0 fully saturated rings. The van der Waals surface area contributed by atoms with Crippen LogP contribution < -0.4 is 10.4 Å². The van der Waals surface area contributed by atoms with Crippen LogP contribution in [0.25, 0.3) is 11.6 Å². The molecule has 0 heterocycles. The quantitative estimate of drug-likeness (QED) is 0.642. The standard InChI is InChI=1S/C15H12O3/c16-11-4-5-12-9(6-11)2-1-3-10-7-14(17)15(18)8-13(10)12/h1-8,10,16-18H. The molecule has 3 rings (SSSR count). The lowest BCUT2D eigenvalue weighted by atomic mass is 9.91. The first-order valence-electron chi connectivity index (χ1n) is 5.69. The third-order valence-corrected chi connectivity index (χ3v) is 3.19. The van der Waals surface area contributed by atoms with Crippen molar-refractivity contribution in [3.63, 3.8) is 0 Å². The summed E-state index contributed by atoms with van der Waals surface area (Å²) in [6.45, 7) is 0. The summed E-state index contributed by atoms with van der Waals surface area (Å²) in [5.74, 6) is -0.0889. The molecule has 2 aliphatic rings. The van der Waals surface area contributed by atoms with Crippen molar-refractivity contribution in [3.05, 3.63) is 64.5 Å². The van der Waals surface area contributed by atoms with Gasteiger partial charge in [-0.3, -0.25) is 0 Å². The highest BCUT2D eigenvalue weighted by atomic mass is 16.3. The molecule has 90 valence electrons. The number of fused-ring (bicyclic) bond motifs is 2. The molecule has 0 spiro atoms. The van der Waals surface area contributed by atoms with Crippen LogP contribution >= 0.6 is 0 Å². The first-order chi connectivity index (χ1) is 8.65. The van der Waals surface area contributed by atoms with E-state index < -0.39 is 0 Å². The Kier molecular flexibility index (Phi) is 2.27. The molecule has 0 aliphatic heterocycles. The first-order valence-corrected chi connectivity index (χ1v) is 5.69. The van der Waals surface area contributed by atoms with Crippen LogP contribution in [0.1, 0.15) is 0 Å². The van der Waals surface area contributed by atoms with Crippen molar-refractivity contribution in [2.24, 2.45) is 5.92 Å². The van der Waals surface area contributed by atoms with E-state index in [2.05, 4.69) is 0 Å². The van der Waals surface area contributed by atoms with E-state index in [1.54, 1.807) is 24.3 Å². The zero-order chi connectivity index (χ0) is 12.7. The number of phenolic OH excluding ortho intramolecular Hbond substituents is 1. The normalized spacial score (nSPS) is 21.1. The Morgan fingerprint density at radius 3 is 2.67 bits per heavy atom. The molecule has 1 unspecified atom stereocenters. The van der Waals surface area contributed by atoms with Gasteiger partial charge < -0.3 is 15.3 Å². The number of aliphatic hydroxyl groups excluding tert-OH is 2. The van der Waals surface area contributed by atoms with Crippen molar-refractivity contribution in [2.45, 2.75) is 0 Å². The van der Waals surface area contributed by atoms with Gasteiger partial charge in [0.25, 0.3) is 0 Å². The summed E-state index contributed by atoms with van der Waals surface area (Å²) >= 11 is 0. The van der Waals surface area contributed by atoms with Crippen LogP contribution in [0.4, 0.5) is 0 Å². The molecule has 0 amide bonds. The smallest absolute Gasteiger partial charge is 0.157 e. The summed E-state index contributed by atoms with van der Waals surface area (Å²) in [6, 6.07) is 5.11. The molecule has 0 radical (unpaired) electrons.